The zero-order valence-electron chi connectivity index (χ0n) is 20.1. The lowest BCUT2D eigenvalue weighted by Gasteiger charge is -2.38. The van der Waals surface area contributed by atoms with Gasteiger partial charge < -0.3 is 19.1 Å². The number of hydrogen-bond acceptors (Lipinski definition) is 7. The molecule has 3 heterocycles. The Balaban J connectivity index is 1.41. The number of hydrogen-bond donors (Lipinski definition) is 1. The van der Waals surface area contributed by atoms with E-state index in [1.807, 2.05) is 13.0 Å². The zero-order valence-corrected chi connectivity index (χ0v) is 20.1. The molecule has 2 aliphatic rings. The molecule has 35 heavy (non-hydrogen) atoms. The number of tetrazole rings is 1. The summed E-state index contributed by atoms with van der Waals surface area (Å²) in [6.07, 6.45) is 10.6. The quantitative estimate of drug-likeness (QED) is 0.521. The van der Waals surface area contributed by atoms with E-state index < -0.39 is 6.04 Å². The Hall–Kier alpha value is -3.43. The van der Waals surface area contributed by atoms with Crippen molar-refractivity contribution < 1.29 is 18.4 Å². The molecule has 2 aliphatic carbocycles. The summed E-state index contributed by atoms with van der Waals surface area (Å²) in [6, 6.07) is 6.36. The number of furan rings is 2. The minimum absolute atomic E-state index is 0.0589. The second kappa shape index (κ2) is 10.5. The number of carbonyl (C=O) groups excluding carboxylic acids is 2. The minimum Gasteiger partial charge on any atom is -0.467 e. The maximum atomic E-state index is 13.8. The summed E-state index contributed by atoms with van der Waals surface area (Å²) in [7, 11) is 0. The Morgan fingerprint density at radius 2 is 1.89 bits per heavy atom. The summed E-state index contributed by atoms with van der Waals surface area (Å²) in [5.74, 6) is 1.60. The van der Waals surface area contributed by atoms with Crippen LogP contribution in [0.1, 0.15) is 75.3 Å². The molecule has 10 heteroatoms. The van der Waals surface area contributed by atoms with Crippen molar-refractivity contribution in [2.75, 3.05) is 0 Å². The molecule has 2 fully saturated rings. The lowest BCUT2D eigenvalue weighted by Crippen LogP contribution is -2.51. The van der Waals surface area contributed by atoms with E-state index in [1.165, 1.54) is 4.80 Å². The van der Waals surface area contributed by atoms with Gasteiger partial charge in [0, 0.05) is 12.1 Å². The number of nitrogens with zero attached hydrogens (tertiary/aromatic N) is 5. The van der Waals surface area contributed by atoms with Crippen LogP contribution in [0.15, 0.2) is 39.4 Å². The zero-order chi connectivity index (χ0) is 24.2. The van der Waals surface area contributed by atoms with Crippen molar-refractivity contribution in [3.63, 3.8) is 0 Å². The Bertz CT molecular complexity index is 1120. The fourth-order valence-electron chi connectivity index (χ4n) is 5.27. The van der Waals surface area contributed by atoms with Crippen LogP contribution in [-0.4, -0.2) is 49.0 Å². The first-order chi connectivity index (χ1) is 17.1. The number of aromatic nitrogens is 4. The van der Waals surface area contributed by atoms with Gasteiger partial charge in [-0.1, -0.05) is 32.1 Å². The number of carbonyl (C=O) groups is 2. The average molecular weight is 481 g/mol. The van der Waals surface area contributed by atoms with Crippen molar-refractivity contribution in [2.45, 2.75) is 89.4 Å². The molecule has 2 saturated carbocycles. The second-order valence-electron chi connectivity index (χ2n) is 9.55. The van der Waals surface area contributed by atoms with Crippen LogP contribution in [0.4, 0.5) is 0 Å². The van der Waals surface area contributed by atoms with Crippen LogP contribution in [0.2, 0.25) is 0 Å². The van der Waals surface area contributed by atoms with E-state index in [0.29, 0.717) is 17.3 Å². The number of amides is 2. The normalized spacial score (nSPS) is 18.0. The van der Waals surface area contributed by atoms with E-state index in [2.05, 4.69) is 20.7 Å². The van der Waals surface area contributed by atoms with Crippen molar-refractivity contribution in [1.29, 1.82) is 0 Å². The second-order valence-corrected chi connectivity index (χ2v) is 9.55. The van der Waals surface area contributed by atoms with Crippen LogP contribution < -0.4 is 5.32 Å². The molecule has 186 valence electrons. The average Bonchev–Trinajstić information content (AvgIpc) is 3.66. The molecule has 5 rings (SSSR count). The van der Waals surface area contributed by atoms with Crippen molar-refractivity contribution in [3.8, 4) is 11.6 Å². The fraction of sp³-hybridized carbons (Fsp3) is 0.560. The van der Waals surface area contributed by atoms with Gasteiger partial charge >= 0.3 is 0 Å². The SMILES string of the molecule is Cc1ccc(-c2nnn(CC(=O)N(C3CCCCC3)[C@H](C(=O)NC3CCCC3)c3ccco3)n2)o1. The van der Waals surface area contributed by atoms with Crippen molar-refractivity contribution in [3.05, 3.63) is 42.0 Å². The van der Waals surface area contributed by atoms with Gasteiger partial charge in [-0.2, -0.15) is 4.80 Å². The molecular weight excluding hydrogens is 448 g/mol. The van der Waals surface area contributed by atoms with E-state index >= 15 is 0 Å². The topological polar surface area (TPSA) is 119 Å². The van der Waals surface area contributed by atoms with E-state index in [0.717, 1.165) is 63.5 Å². The fourth-order valence-corrected chi connectivity index (χ4v) is 5.27. The van der Waals surface area contributed by atoms with Crippen LogP contribution in [0.3, 0.4) is 0 Å². The maximum Gasteiger partial charge on any atom is 0.250 e. The van der Waals surface area contributed by atoms with Gasteiger partial charge in [0.05, 0.1) is 6.26 Å². The monoisotopic (exact) mass is 480 g/mol. The van der Waals surface area contributed by atoms with Crippen molar-refractivity contribution in [2.24, 2.45) is 0 Å². The molecule has 0 bridgehead atoms. The summed E-state index contributed by atoms with van der Waals surface area (Å²) in [5.41, 5.74) is 0. The molecule has 0 saturated heterocycles. The van der Waals surface area contributed by atoms with Gasteiger partial charge in [0.2, 0.25) is 11.7 Å². The van der Waals surface area contributed by atoms with Gasteiger partial charge in [-0.25, -0.2) is 0 Å². The van der Waals surface area contributed by atoms with Gasteiger partial charge in [-0.15, -0.1) is 10.2 Å². The molecule has 3 aromatic heterocycles. The first kappa shape index (κ1) is 23.3. The highest BCUT2D eigenvalue weighted by Gasteiger charge is 2.39. The third-order valence-corrected chi connectivity index (χ3v) is 6.99. The van der Waals surface area contributed by atoms with Gasteiger partial charge in [0.1, 0.15) is 18.1 Å². The van der Waals surface area contributed by atoms with Gasteiger partial charge in [0.15, 0.2) is 11.8 Å². The number of rotatable bonds is 8. The largest absolute Gasteiger partial charge is 0.467 e. The summed E-state index contributed by atoms with van der Waals surface area (Å²) in [6.45, 7) is 1.71. The van der Waals surface area contributed by atoms with Crippen LogP contribution in [-0.2, 0) is 16.1 Å². The molecule has 1 atom stereocenters. The van der Waals surface area contributed by atoms with E-state index in [-0.39, 0.29) is 30.4 Å². The molecule has 0 aromatic carbocycles. The summed E-state index contributed by atoms with van der Waals surface area (Å²) < 4.78 is 11.3. The predicted molar refractivity (Wildman–Crippen MR) is 126 cm³/mol. The molecule has 1 N–H and O–H groups in total. The van der Waals surface area contributed by atoms with Gasteiger partial charge in [-0.3, -0.25) is 9.59 Å². The van der Waals surface area contributed by atoms with Gasteiger partial charge in [0.25, 0.3) is 5.91 Å². The Morgan fingerprint density at radius 1 is 1.11 bits per heavy atom. The van der Waals surface area contributed by atoms with Crippen molar-refractivity contribution >= 4 is 11.8 Å². The van der Waals surface area contributed by atoms with Crippen LogP contribution >= 0.6 is 0 Å². The van der Waals surface area contributed by atoms with E-state index in [9.17, 15) is 9.59 Å². The molecule has 3 aromatic rings. The molecule has 0 aliphatic heterocycles. The molecular formula is C25H32N6O4. The standard InChI is InChI=1S/C25H32N6O4/c1-17-13-14-21(35-17)24-27-29-30(28-24)16-22(32)31(19-10-3-2-4-11-19)23(20-12-7-15-34-20)25(33)26-18-8-5-6-9-18/h7,12-15,18-19,23H,2-6,8-11,16H2,1H3,(H,26,33)/t23-/m0/s1. The molecule has 0 radical (unpaired) electrons. The highest BCUT2D eigenvalue weighted by atomic mass is 16.3. The van der Waals surface area contributed by atoms with Crippen LogP contribution in [0, 0.1) is 6.92 Å². The number of aryl methyl sites for hydroxylation is 1. The van der Waals surface area contributed by atoms with E-state index in [4.69, 9.17) is 8.83 Å². The van der Waals surface area contributed by atoms with Crippen LogP contribution in [0.5, 0.6) is 0 Å². The summed E-state index contributed by atoms with van der Waals surface area (Å²) in [4.78, 5) is 30.4. The maximum absolute atomic E-state index is 13.8. The molecule has 10 nitrogen and oxygen atoms in total. The van der Waals surface area contributed by atoms with E-state index in [1.54, 1.807) is 29.4 Å². The lowest BCUT2D eigenvalue weighted by atomic mass is 9.92. The molecule has 0 spiro atoms. The minimum atomic E-state index is -0.836. The lowest BCUT2D eigenvalue weighted by molar-refractivity contribution is -0.146. The highest BCUT2D eigenvalue weighted by Crippen LogP contribution is 2.32. The highest BCUT2D eigenvalue weighted by molar-refractivity contribution is 5.88. The summed E-state index contributed by atoms with van der Waals surface area (Å²) >= 11 is 0. The van der Waals surface area contributed by atoms with Crippen LogP contribution in [0.25, 0.3) is 11.6 Å². The Labute approximate surface area is 204 Å². The molecule has 2 amide bonds. The first-order valence-corrected chi connectivity index (χ1v) is 12.6. The Morgan fingerprint density at radius 3 is 2.57 bits per heavy atom. The smallest absolute Gasteiger partial charge is 0.250 e. The summed E-state index contributed by atoms with van der Waals surface area (Å²) in [5, 5.41) is 15.6. The third-order valence-electron chi connectivity index (χ3n) is 6.99. The predicted octanol–water partition coefficient (Wildman–Crippen LogP) is 3.80. The molecule has 0 unspecified atom stereocenters. The number of nitrogens with one attached hydrogen (secondary N) is 1. The van der Waals surface area contributed by atoms with Gasteiger partial charge in [-0.05, 0) is 62.1 Å². The van der Waals surface area contributed by atoms with Crippen molar-refractivity contribution in [1.82, 2.24) is 30.4 Å². The Kier molecular flexibility index (Phi) is 6.96. The first-order valence-electron chi connectivity index (χ1n) is 12.6. The third kappa shape index (κ3) is 5.31.